The number of nitrogen functional groups attached to an aromatic ring is 1. The molecule has 0 aromatic heterocycles. The molecule has 0 amide bonds. The number of anilines is 1. The van der Waals surface area contributed by atoms with E-state index < -0.39 is 11.6 Å². The molecule has 1 aromatic rings. The van der Waals surface area contributed by atoms with E-state index in [0.29, 0.717) is 5.69 Å². The number of likely N-dealkylation sites (tertiary alicyclic amines) is 1. The molecular weight excluding hydrogens is 244 g/mol. The number of hydrogen-bond acceptors (Lipinski definition) is 4. The lowest BCUT2D eigenvalue weighted by Gasteiger charge is -2.39. The summed E-state index contributed by atoms with van der Waals surface area (Å²) in [5.41, 5.74) is 5.96. The Bertz CT molecular complexity index is 490. The molecule has 1 aliphatic heterocycles. The summed E-state index contributed by atoms with van der Waals surface area (Å²) in [6.07, 6.45) is 1.92. The fraction of sp³-hybridized carbons (Fsp3) is 0.500. The Balaban J connectivity index is 2.30. The number of rotatable bonds is 3. The van der Waals surface area contributed by atoms with Crippen molar-refractivity contribution in [3.05, 3.63) is 23.8 Å². The molecule has 104 valence electrons. The van der Waals surface area contributed by atoms with Crippen LogP contribution in [0.1, 0.15) is 30.1 Å². The van der Waals surface area contributed by atoms with Gasteiger partial charge in [-0.1, -0.05) is 6.07 Å². The van der Waals surface area contributed by atoms with Gasteiger partial charge in [-0.2, -0.15) is 0 Å². The van der Waals surface area contributed by atoms with Crippen molar-refractivity contribution in [1.82, 2.24) is 4.90 Å². The summed E-state index contributed by atoms with van der Waals surface area (Å²) in [6, 6.07) is 4.81. The van der Waals surface area contributed by atoms with Crippen LogP contribution in [0, 0.1) is 0 Å². The molecule has 1 aliphatic rings. The van der Waals surface area contributed by atoms with E-state index >= 15 is 0 Å². The molecule has 5 heteroatoms. The smallest absolute Gasteiger partial charge is 0.339 e. The first-order valence-corrected chi connectivity index (χ1v) is 6.41. The van der Waals surface area contributed by atoms with Crippen LogP contribution in [0.3, 0.4) is 0 Å². The lowest BCUT2D eigenvalue weighted by Crippen LogP contribution is -2.48. The Morgan fingerprint density at radius 3 is 2.89 bits per heavy atom. The summed E-state index contributed by atoms with van der Waals surface area (Å²) in [6.45, 7) is 3.80. The SMILES string of the molecule is CN1CCCC(C)(Oc2c(N)cccc2C(=O)O)C1. The molecule has 0 saturated carbocycles. The predicted molar refractivity (Wildman–Crippen MR) is 73.6 cm³/mol. The Morgan fingerprint density at radius 1 is 1.53 bits per heavy atom. The zero-order valence-corrected chi connectivity index (χ0v) is 11.3. The number of piperidine rings is 1. The Labute approximate surface area is 113 Å². The van der Waals surface area contributed by atoms with Crippen LogP contribution in [0.25, 0.3) is 0 Å². The summed E-state index contributed by atoms with van der Waals surface area (Å²) in [4.78, 5) is 13.4. The molecular formula is C14H20N2O3. The maximum atomic E-state index is 11.2. The Hall–Kier alpha value is -1.75. The highest BCUT2D eigenvalue weighted by Crippen LogP contribution is 2.33. The van der Waals surface area contributed by atoms with Crippen molar-refractivity contribution in [1.29, 1.82) is 0 Å². The normalized spacial score (nSPS) is 24.1. The van der Waals surface area contributed by atoms with Gasteiger partial charge in [0.2, 0.25) is 0 Å². The van der Waals surface area contributed by atoms with Gasteiger partial charge in [-0.05, 0) is 45.5 Å². The third kappa shape index (κ3) is 2.98. The molecule has 1 heterocycles. The zero-order chi connectivity index (χ0) is 14.0. The van der Waals surface area contributed by atoms with Crippen molar-refractivity contribution >= 4 is 11.7 Å². The summed E-state index contributed by atoms with van der Waals surface area (Å²) in [5.74, 6) is -0.733. The fourth-order valence-corrected chi connectivity index (χ4v) is 2.62. The number of benzene rings is 1. The van der Waals surface area contributed by atoms with E-state index in [1.54, 1.807) is 12.1 Å². The van der Waals surface area contributed by atoms with Crippen LogP contribution >= 0.6 is 0 Å². The highest BCUT2D eigenvalue weighted by Gasteiger charge is 2.33. The van der Waals surface area contributed by atoms with Crippen LogP contribution < -0.4 is 10.5 Å². The second-order valence-corrected chi connectivity index (χ2v) is 5.42. The number of ether oxygens (including phenoxy) is 1. The first-order valence-electron chi connectivity index (χ1n) is 6.41. The van der Waals surface area contributed by atoms with Crippen molar-refractivity contribution < 1.29 is 14.6 Å². The van der Waals surface area contributed by atoms with Gasteiger partial charge in [0.05, 0.1) is 5.69 Å². The van der Waals surface area contributed by atoms with Gasteiger partial charge in [-0.25, -0.2) is 4.79 Å². The topological polar surface area (TPSA) is 75.8 Å². The monoisotopic (exact) mass is 264 g/mol. The average molecular weight is 264 g/mol. The molecule has 3 N–H and O–H groups in total. The molecule has 1 atom stereocenters. The van der Waals surface area contributed by atoms with Gasteiger partial charge in [-0.3, -0.25) is 0 Å². The minimum atomic E-state index is -1.02. The van der Waals surface area contributed by atoms with Gasteiger partial charge in [0.1, 0.15) is 11.2 Å². The number of para-hydroxylation sites is 1. The molecule has 1 saturated heterocycles. The summed E-state index contributed by atoms with van der Waals surface area (Å²) in [5, 5.41) is 9.21. The largest absolute Gasteiger partial charge is 0.483 e. The molecule has 0 aliphatic carbocycles. The van der Waals surface area contributed by atoms with Crippen LogP contribution in [0.5, 0.6) is 5.75 Å². The molecule has 0 spiro atoms. The molecule has 1 unspecified atom stereocenters. The van der Waals surface area contributed by atoms with Crippen molar-refractivity contribution in [2.45, 2.75) is 25.4 Å². The second kappa shape index (κ2) is 5.09. The predicted octanol–water partition coefficient (Wildman–Crippen LogP) is 1.83. The first kappa shape index (κ1) is 13.7. The summed E-state index contributed by atoms with van der Waals surface area (Å²) in [7, 11) is 2.03. The van der Waals surface area contributed by atoms with Crippen LogP contribution in [0.2, 0.25) is 0 Å². The standard InChI is InChI=1S/C14H20N2O3/c1-14(7-4-8-16(2)9-14)19-12-10(13(17)18)5-3-6-11(12)15/h3,5-6H,4,7-9,15H2,1-2H3,(H,17,18). The zero-order valence-electron chi connectivity index (χ0n) is 11.3. The minimum Gasteiger partial charge on any atom is -0.483 e. The highest BCUT2D eigenvalue weighted by molar-refractivity contribution is 5.93. The van der Waals surface area contributed by atoms with Gasteiger partial charge in [-0.15, -0.1) is 0 Å². The third-order valence-corrected chi connectivity index (χ3v) is 3.47. The highest BCUT2D eigenvalue weighted by atomic mass is 16.5. The number of carboxylic acid groups (broad SMARTS) is 1. The van der Waals surface area contributed by atoms with Gasteiger partial charge in [0, 0.05) is 6.54 Å². The first-order chi connectivity index (χ1) is 8.91. The molecule has 0 bridgehead atoms. The number of nitrogens with two attached hydrogens (primary N) is 1. The van der Waals surface area contributed by atoms with E-state index in [-0.39, 0.29) is 11.3 Å². The summed E-state index contributed by atoms with van der Waals surface area (Å²) >= 11 is 0. The number of nitrogens with zero attached hydrogens (tertiary/aromatic N) is 1. The molecule has 2 rings (SSSR count). The quantitative estimate of drug-likeness (QED) is 0.815. The molecule has 5 nitrogen and oxygen atoms in total. The van der Waals surface area contributed by atoms with E-state index in [1.807, 2.05) is 14.0 Å². The van der Waals surface area contributed by atoms with Crippen LogP contribution in [-0.2, 0) is 0 Å². The van der Waals surface area contributed by atoms with E-state index in [9.17, 15) is 9.90 Å². The van der Waals surface area contributed by atoms with Crippen molar-refractivity contribution in [3.63, 3.8) is 0 Å². The van der Waals surface area contributed by atoms with Crippen molar-refractivity contribution in [2.75, 3.05) is 25.9 Å². The van der Waals surface area contributed by atoms with E-state index in [1.165, 1.54) is 6.07 Å². The van der Waals surface area contributed by atoms with Gasteiger partial charge >= 0.3 is 5.97 Å². The molecule has 1 aromatic carbocycles. The second-order valence-electron chi connectivity index (χ2n) is 5.42. The average Bonchev–Trinajstić information content (AvgIpc) is 2.30. The molecule has 0 radical (unpaired) electrons. The molecule has 1 fully saturated rings. The van der Waals surface area contributed by atoms with Gasteiger partial charge in [0.25, 0.3) is 0 Å². The Kier molecular flexibility index (Phi) is 3.66. The van der Waals surface area contributed by atoms with Gasteiger partial charge in [0.15, 0.2) is 5.75 Å². The lowest BCUT2D eigenvalue weighted by atomic mass is 9.95. The lowest BCUT2D eigenvalue weighted by molar-refractivity contribution is 0.0150. The van der Waals surface area contributed by atoms with Crippen LogP contribution in [-0.4, -0.2) is 41.7 Å². The van der Waals surface area contributed by atoms with Crippen LogP contribution in [0.4, 0.5) is 5.69 Å². The van der Waals surface area contributed by atoms with Crippen molar-refractivity contribution in [3.8, 4) is 5.75 Å². The van der Waals surface area contributed by atoms with Crippen LogP contribution in [0.15, 0.2) is 18.2 Å². The van der Waals surface area contributed by atoms with Gasteiger partial charge < -0.3 is 20.5 Å². The summed E-state index contributed by atoms with van der Waals surface area (Å²) < 4.78 is 5.99. The van der Waals surface area contributed by atoms with E-state index in [0.717, 1.165) is 25.9 Å². The number of aromatic carboxylic acids is 1. The number of hydrogen-bond donors (Lipinski definition) is 2. The third-order valence-electron chi connectivity index (χ3n) is 3.47. The van der Waals surface area contributed by atoms with Crippen molar-refractivity contribution in [2.24, 2.45) is 0 Å². The number of carbonyl (C=O) groups is 1. The maximum absolute atomic E-state index is 11.2. The van der Waals surface area contributed by atoms with E-state index in [4.69, 9.17) is 10.5 Å². The Morgan fingerprint density at radius 2 is 2.26 bits per heavy atom. The minimum absolute atomic E-state index is 0.120. The maximum Gasteiger partial charge on any atom is 0.339 e. The number of likely N-dealkylation sites (N-methyl/N-ethyl adjacent to an activating group) is 1. The molecule has 19 heavy (non-hydrogen) atoms. The fourth-order valence-electron chi connectivity index (χ4n) is 2.62. The van der Waals surface area contributed by atoms with E-state index in [2.05, 4.69) is 4.90 Å². The number of carboxylic acids is 1.